The second kappa shape index (κ2) is 3.96. The molecule has 0 unspecified atom stereocenters. The summed E-state index contributed by atoms with van der Waals surface area (Å²) in [5, 5.41) is 5.02. The summed E-state index contributed by atoms with van der Waals surface area (Å²) >= 11 is 3.37. The minimum absolute atomic E-state index is 0.261. The number of hydrogen-bond acceptors (Lipinski definition) is 1. The summed E-state index contributed by atoms with van der Waals surface area (Å²) in [7, 11) is 0. The third-order valence-electron chi connectivity index (χ3n) is 2.61. The van der Waals surface area contributed by atoms with Gasteiger partial charge in [-0.2, -0.15) is 5.10 Å². The Morgan fingerprint density at radius 2 is 1.82 bits per heavy atom. The van der Waals surface area contributed by atoms with Crippen LogP contribution in [0.15, 0.2) is 53.1 Å². The summed E-state index contributed by atoms with van der Waals surface area (Å²) in [6.45, 7) is 0. The van der Waals surface area contributed by atoms with Gasteiger partial charge in [0.15, 0.2) is 0 Å². The molecule has 0 saturated heterocycles. The molecule has 3 rings (SSSR count). The third-order valence-corrected chi connectivity index (χ3v) is 3.14. The summed E-state index contributed by atoms with van der Waals surface area (Å²) in [5.74, 6) is -0.261. The minimum atomic E-state index is -0.261. The van der Waals surface area contributed by atoms with Gasteiger partial charge in [-0.25, -0.2) is 9.07 Å². The number of fused-ring (bicyclic) bond motifs is 1. The van der Waals surface area contributed by atoms with E-state index < -0.39 is 0 Å². The summed E-state index contributed by atoms with van der Waals surface area (Å²) in [4.78, 5) is 0. The van der Waals surface area contributed by atoms with Gasteiger partial charge in [0.25, 0.3) is 0 Å². The van der Waals surface area contributed by atoms with Crippen LogP contribution in [0.1, 0.15) is 0 Å². The number of hydrogen-bond donors (Lipinski definition) is 0. The zero-order valence-electron chi connectivity index (χ0n) is 8.77. The van der Waals surface area contributed by atoms with Gasteiger partial charge in [-0.3, -0.25) is 0 Å². The highest BCUT2D eigenvalue weighted by molar-refractivity contribution is 9.10. The number of halogens is 2. The summed E-state index contributed by atoms with van der Waals surface area (Å²) in [6, 6.07) is 12.6. The van der Waals surface area contributed by atoms with Crippen LogP contribution >= 0.6 is 15.9 Å². The Hall–Kier alpha value is -1.68. The van der Waals surface area contributed by atoms with Crippen molar-refractivity contribution in [3.05, 3.63) is 59.0 Å². The van der Waals surface area contributed by atoms with Gasteiger partial charge in [-0.1, -0.05) is 28.1 Å². The highest BCUT2D eigenvalue weighted by Crippen LogP contribution is 2.22. The molecule has 0 bridgehead atoms. The fourth-order valence-corrected chi connectivity index (χ4v) is 2.08. The first kappa shape index (κ1) is 10.5. The number of rotatable bonds is 1. The molecule has 0 amide bonds. The Morgan fingerprint density at radius 3 is 2.59 bits per heavy atom. The average Bonchev–Trinajstić information content (AvgIpc) is 2.75. The maximum Gasteiger partial charge on any atom is 0.149 e. The lowest BCUT2D eigenvalue weighted by atomic mass is 10.2. The van der Waals surface area contributed by atoms with Crippen molar-refractivity contribution in [1.82, 2.24) is 9.78 Å². The van der Waals surface area contributed by atoms with Gasteiger partial charge >= 0.3 is 0 Å². The zero-order valence-corrected chi connectivity index (χ0v) is 10.4. The smallest absolute Gasteiger partial charge is 0.149 e. The molecule has 0 spiro atoms. The normalized spacial score (nSPS) is 10.9. The monoisotopic (exact) mass is 290 g/mol. The van der Waals surface area contributed by atoms with Crippen molar-refractivity contribution in [2.75, 3.05) is 0 Å². The molecule has 3 aromatic rings. The molecule has 0 N–H and O–H groups in total. The first-order valence-corrected chi connectivity index (χ1v) is 5.93. The van der Waals surface area contributed by atoms with Gasteiger partial charge in [0.1, 0.15) is 11.3 Å². The van der Waals surface area contributed by atoms with E-state index in [1.807, 2.05) is 30.3 Å². The van der Waals surface area contributed by atoms with Crippen molar-refractivity contribution in [1.29, 1.82) is 0 Å². The lowest BCUT2D eigenvalue weighted by Gasteiger charge is -2.04. The molecule has 1 aromatic heterocycles. The molecule has 0 aliphatic heterocycles. The van der Waals surface area contributed by atoms with E-state index in [1.54, 1.807) is 16.9 Å². The Labute approximate surface area is 106 Å². The van der Waals surface area contributed by atoms with Crippen LogP contribution in [0, 0.1) is 5.82 Å². The van der Waals surface area contributed by atoms with Gasteiger partial charge in [0, 0.05) is 9.86 Å². The molecule has 4 heteroatoms. The second-order valence-corrected chi connectivity index (χ2v) is 4.63. The predicted octanol–water partition coefficient (Wildman–Crippen LogP) is 3.93. The number of nitrogens with zero attached hydrogens (tertiary/aromatic N) is 2. The first-order valence-electron chi connectivity index (χ1n) is 5.14. The van der Waals surface area contributed by atoms with Gasteiger partial charge in [0.2, 0.25) is 0 Å². The molecule has 0 aliphatic rings. The van der Waals surface area contributed by atoms with E-state index in [1.165, 1.54) is 6.07 Å². The average molecular weight is 291 g/mol. The van der Waals surface area contributed by atoms with Crippen LogP contribution in [0.2, 0.25) is 0 Å². The standard InChI is InChI=1S/C13H8BrFN2/c14-10-4-6-11(7-5-10)17-13-9(8-16-17)2-1-3-12(13)15/h1-8H. The van der Waals surface area contributed by atoms with Gasteiger partial charge < -0.3 is 0 Å². The quantitative estimate of drug-likeness (QED) is 0.664. The molecule has 0 atom stereocenters. The zero-order chi connectivity index (χ0) is 11.8. The lowest BCUT2D eigenvalue weighted by molar-refractivity contribution is 0.632. The first-order chi connectivity index (χ1) is 8.25. The molecule has 0 saturated carbocycles. The van der Waals surface area contributed by atoms with E-state index in [4.69, 9.17) is 0 Å². The highest BCUT2D eigenvalue weighted by Gasteiger charge is 2.08. The van der Waals surface area contributed by atoms with Crippen LogP contribution in [0.4, 0.5) is 4.39 Å². The summed E-state index contributed by atoms with van der Waals surface area (Å²) in [5.41, 5.74) is 1.35. The van der Waals surface area contributed by atoms with Crippen molar-refractivity contribution in [2.24, 2.45) is 0 Å². The fourth-order valence-electron chi connectivity index (χ4n) is 1.82. The number of benzene rings is 2. The van der Waals surface area contributed by atoms with E-state index in [0.29, 0.717) is 5.52 Å². The maximum absolute atomic E-state index is 13.8. The van der Waals surface area contributed by atoms with Crippen molar-refractivity contribution in [2.45, 2.75) is 0 Å². The fraction of sp³-hybridized carbons (Fsp3) is 0. The molecular weight excluding hydrogens is 283 g/mol. The van der Waals surface area contributed by atoms with Crippen molar-refractivity contribution < 1.29 is 4.39 Å². The van der Waals surface area contributed by atoms with Crippen LogP contribution < -0.4 is 0 Å². The largest absolute Gasteiger partial charge is 0.230 e. The lowest BCUT2D eigenvalue weighted by Crippen LogP contribution is -1.97. The van der Waals surface area contributed by atoms with Gasteiger partial charge in [0.05, 0.1) is 11.9 Å². The summed E-state index contributed by atoms with van der Waals surface area (Å²) in [6.07, 6.45) is 1.67. The second-order valence-electron chi connectivity index (χ2n) is 3.71. The molecule has 17 heavy (non-hydrogen) atoms. The Kier molecular flexibility index (Phi) is 2.44. The molecular formula is C13H8BrFN2. The molecule has 0 radical (unpaired) electrons. The topological polar surface area (TPSA) is 17.8 Å². The minimum Gasteiger partial charge on any atom is -0.230 e. The molecule has 0 aliphatic carbocycles. The Bertz CT molecular complexity index is 673. The predicted molar refractivity (Wildman–Crippen MR) is 68.7 cm³/mol. The van der Waals surface area contributed by atoms with Gasteiger partial charge in [-0.15, -0.1) is 0 Å². The van der Waals surface area contributed by atoms with Crippen molar-refractivity contribution in [3.8, 4) is 5.69 Å². The molecule has 2 nitrogen and oxygen atoms in total. The summed E-state index contributed by atoms with van der Waals surface area (Å²) < 4.78 is 16.4. The molecule has 1 heterocycles. The number of para-hydroxylation sites is 1. The van der Waals surface area contributed by atoms with Crippen LogP contribution in [-0.4, -0.2) is 9.78 Å². The van der Waals surface area contributed by atoms with E-state index in [2.05, 4.69) is 21.0 Å². The van der Waals surface area contributed by atoms with E-state index in [0.717, 1.165) is 15.5 Å². The third kappa shape index (κ3) is 1.74. The van der Waals surface area contributed by atoms with Crippen molar-refractivity contribution in [3.63, 3.8) is 0 Å². The highest BCUT2D eigenvalue weighted by atomic mass is 79.9. The maximum atomic E-state index is 13.8. The number of aromatic nitrogens is 2. The van der Waals surface area contributed by atoms with Gasteiger partial charge in [-0.05, 0) is 30.3 Å². The van der Waals surface area contributed by atoms with Crippen molar-refractivity contribution >= 4 is 26.8 Å². The van der Waals surface area contributed by atoms with E-state index in [9.17, 15) is 4.39 Å². The Balaban J connectivity index is 2.27. The SMILES string of the molecule is Fc1cccc2cnn(-c3ccc(Br)cc3)c12. The Morgan fingerprint density at radius 1 is 1.06 bits per heavy atom. The van der Waals surface area contributed by atoms with Crippen LogP contribution in [0.5, 0.6) is 0 Å². The molecule has 2 aromatic carbocycles. The van der Waals surface area contributed by atoms with E-state index in [-0.39, 0.29) is 5.82 Å². The van der Waals surface area contributed by atoms with Crippen LogP contribution in [0.3, 0.4) is 0 Å². The molecule has 0 fully saturated rings. The molecule has 84 valence electrons. The van der Waals surface area contributed by atoms with Crippen LogP contribution in [-0.2, 0) is 0 Å². The van der Waals surface area contributed by atoms with Crippen LogP contribution in [0.25, 0.3) is 16.6 Å². The van der Waals surface area contributed by atoms with E-state index >= 15 is 0 Å².